The second-order valence-corrected chi connectivity index (χ2v) is 7.27. The van der Waals surface area contributed by atoms with E-state index in [1.165, 1.54) is 6.20 Å². The average Bonchev–Trinajstić information content (AvgIpc) is 3.05. The quantitative estimate of drug-likeness (QED) is 0.803. The zero-order chi connectivity index (χ0) is 19.6. The van der Waals surface area contributed by atoms with Crippen molar-refractivity contribution in [3.05, 3.63) is 21.6 Å². The number of rotatable bonds is 3. The van der Waals surface area contributed by atoms with Crippen LogP contribution in [0.4, 0.5) is 23.7 Å². The monoisotopic (exact) mass is 408 g/mol. The molecule has 1 aliphatic carbocycles. The molecule has 1 atom stereocenters. The summed E-state index contributed by atoms with van der Waals surface area (Å²) in [5.74, 6) is -1.29. The van der Waals surface area contributed by atoms with E-state index in [0.717, 1.165) is 0 Å². The second-order valence-electron chi connectivity index (χ2n) is 6.89. The van der Waals surface area contributed by atoms with E-state index in [1.807, 2.05) is 0 Å². The molecule has 1 saturated carbocycles. The van der Waals surface area contributed by atoms with Crippen LogP contribution in [-0.2, 0) is 4.74 Å². The molecule has 0 unspecified atom stereocenters. The fraction of sp³-hybridized carbons (Fsp3) is 0.688. The van der Waals surface area contributed by atoms with Crippen LogP contribution in [0.25, 0.3) is 0 Å². The van der Waals surface area contributed by atoms with Crippen molar-refractivity contribution in [2.45, 2.75) is 50.4 Å². The van der Waals surface area contributed by atoms with Gasteiger partial charge in [0.15, 0.2) is 0 Å². The summed E-state index contributed by atoms with van der Waals surface area (Å²) in [6.45, 7) is 0.901. The summed E-state index contributed by atoms with van der Waals surface area (Å²) in [5.41, 5.74) is -0.0249. The van der Waals surface area contributed by atoms with Gasteiger partial charge in [0.2, 0.25) is 0 Å². The van der Waals surface area contributed by atoms with Crippen LogP contribution in [0.15, 0.2) is 11.0 Å². The van der Waals surface area contributed by atoms with E-state index in [1.54, 1.807) is 4.90 Å². The zero-order valence-electron chi connectivity index (χ0n) is 14.4. The Labute approximate surface area is 158 Å². The van der Waals surface area contributed by atoms with E-state index in [9.17, 15) is 22.8 Å². The number of amides is 1. The maximum Gasteiger partial charge on any atom is 0.407 e. The van der Waals surface area contributed by atoms with E-state index < -0.39 is 29.9 Å². The first-order valence-electron chi connectivity index (χ1n) is 8.76. The van der Waals surface area contributed by atoms with Crippen LogP contribution in [0.3, 0.4) is 0 Å². The number of anilines is 1. The third-order valence-corrected chi connectivity index (χ3v) is 5.41. The highest BCUT2D eigenvalue weighted by Gasteiger charge is 2.41. The predicted molar refractivity (Wildman–Crippen MR) is 91.9 cm³/mol. The van der Waals surface area contributed by atoms with Crippen LogP contribution in [0.5, 0.6) is 0 Å². The molecule has 0 bridgehead atoms. The summed E-state index contributed by atoms with van der Waals surface area (Å²) in [6.07, 6.45) is -2.62. The van der Waals surface area contributed by atoms with Gasteiger partial charge < -0.3 is 15.0 Å². The smallest absolute Gasteiger partial charge is 0.407 e. The number of H-pyrrole nitrogens is 1. The summed E-state index contributed by atoms with van der Waals surface area (Å²) in [7, 11) is 0. The van der Waals surface area contributed by atoms with Crippen molar-refractivity contribution in [3.63, 3.8) is 0 Å². The first kappa shape index (κ1) is 19.8. The van der Waals surface area contributed by atoms with Gasteiger partial charge in [-0.3, -0.25) is 4.79 Å². The number of halogens is 4. The third-order valence-electron chi connectivity index (χ3n) is 5.05. The molecule has 1 aromatic rings. The minimum Gasteiger partial charge on any atom is -0.444 e. The van der Waals surface area contributed by atoms with E-state index in [-0.39, 0.29) is 36.7 Å². The van der Waals surface area contributed by atoms with Gasteiger partial charge in [-0.05, 0) is 25.7 Å². The number of carbonyl (C=O) groups excluding carboxylic acids is 1. The van der Waals surface area contributed by atoms with Gasteiger partial charge in [-0.2, -0.15) is 18.3 Å². The van der Waals surface area contributed by atoms with Crippen molar-refractivity contribution in [3.8, 4) is 0 Å². The molecule has 27 heavy (non-hydrogen) atoms. The number of alkyl carbamates (subject to hydrolysis) is 1. The van der Waals surface area contributed by atoms with Crippen LogP contribution >= 0.6 is 11.6 Å². The molecule has 2 aliphatic rings. The lowest BCUT2D eigenvalue weighted by atomic mass is 9.86. The van der Waals surface area contributed by atoms with Crippen LogP contribution in [0.1, 0.15) is 32.1 Å². The zero-order valence-corrected chi connectivity index (χ0v) is 15.1. The molecular formula is C16H20ClF3N4O3. The standard InChI is InChI=1S/C16H20ClF3N4O3/c17-13-12(7-21-23-14(13)25)24-6-5-11(8-24)27-15(26)22-10-3-1-9(2-4-10)16(18,19)20/h7,9-11H,1-6,8H2,(H,22,26)(H,23,25)/t9?,10?,11-/m1/s1. The number of nitrogens with zero attached hydrogens (tertiary/aromatic N) is 2. The maximum absolute atomic E-state index is 12.7. The van der Waals surface area contributed by atoms with Crippen LogP contribution in [0, 0.1) is 5.92 Å². The predicted octanol–water partition coefficient (Wildman–Crippen LogP) is 2.85. The molecule has 0 radical (unpaired) electrons. The van der Waals surface area contributed by atoms with E-state index in [0.29, 0.717) is 25.2 Å². The molecule has 0 spiro atoms. The van der Waals surface area contributed by atoms with Crippen molar-refractivity contribution >= 4 is 23.4 Å². The summed E-state index contributed by atoms with van der Waals surface area (Å²) < 4.78 is 43.4. The van der Waals surface area contributed by atoms with Crippen molar-refractivity contribution in [2.75, 3.05) is 18.0 Å². The van der Waals surface area contributed by atoms with Crippen LogP contribution in [0.2, 0.25) is 5.02 Å². The van der Waals surface area contributed by atoms with Gasteiger partial charge in [-0.15, -0.1) is 0 Å². The van der Waals surface area contributed by atoms with Gasteiger partial charge in [0, 0.05) is 19.0 Å². The van der Waals surface area contributed by atoms with Crippen molar-refractivity contribution in [1.82, 2.24) is 15.5 Å². The van der Waals surface area contributed by atoms with E-state index in [2.05, 4.69) is 15.5 Å². The molecule has 11 heteroatoms. The van der Waals surface area contributed by atoms with E-state index >= 15 is 0 Å². The molecule has 1 aliphatic heterocycles. The Morgan fingerprint density at radius 2 is 2.00 bits per heavy atom. The largest absolute Gasteiger partial charge is 0.444 e. The number of carbonyl (C=O) groups is 1. The van der Waals surface area contributed by atoms with Gasteiger partial charge in [0.1, 0.15) is 11.1 Å². The minimum atomic E-state index is -4.17. The van der Waals surface area contributed by atoms with Crippen LogP contribution < -0.4 is 15.8 Å². The van der Waals surface area contributed by atoms with Gasteiger partial charge in [-0.1, -0.05) is 11.6 Å². The van der Waals surface area contributed by atoms with Crippen LogP contribution in [-0.4, -0.2) is 47.7 Å². The molecular weight excluding hydrogens is 389 g/mol. The Kier molecular flexibility index (Phi) is 5.83. The molecule has 150 valence electrons. The molecule has 0 aromatic carbocycles. The van der Waals surface area contributed by atoms with Crippen molar-refractivity contribution in [1.29, 1.82) is 0 Å². The normalized spacial score (nSPS) is 26.1. The minimum absolute atomic E-state index is 0.0136. The summed E-state index contributed by atoms with van der Waals surface area (Å²) in [6, 6.07) is -0.306. The highest BCUT2D eigenvalue weighted by atomic mass is 35.5. The number of aromatic nitrogens is 2. The number of ether oxygens (including phenoxy) is 1. The summed E-state index contributed by atoms with van der Waals surface area (Å²) in [5, 5.41) is 8.62. The lowest BCUT2D eigenvalue weighted by Gasteiger charge is -2.30. The number of hydrogen-bond acceptors (Lipinski definition) is 5. The van der Waals surface area contributed by atoms with Gasteiger partial charge in [0.05, 0.1) is 24.3 Å². The molecule has 2 N–H and O–H groups in total. The average molecular weight is 409 g/mol. The molecule has 7 nitrogen and oxygen atoms in total. The third kappa shape index (κ3) is 4.85. The number of nitrogens with one attached hydrogen (secondary N) is 2. The SMILES string of the molecule is O=C(NC1CCC(C(F)(F)F)CC1)O[C@@H]1CCN(c2cn[nH]c(=O)c2Cl)C1. The van der Waals surface area contributed by atoms with Gasteiger partial charge in [-0.25, -0.2) is 9.89 Å². The Balaban J connectivity index is 1.46. The first-order valence-corrected chi connectivity index (χ1v) is 9.14. The first-order chi connectivity index (χ1) is 12.7. The fourth-order valence-electron chi connectivity index (χ4n) is 3.55. The molecule has 3 rings (SSSR count). The highest BCUT2D eigenvalue weighted by molar-refractivity contribution is 6.33. The second kappa shape index (κ2) is 7.95. The van der Waals surface area contributed by atoms with E-state index in [4.69, 9.17) is 16.3 Å². The number of aromatic amines is 1. The Bertz CT molecular complexity index is 734. The molecule has 2 fully saturated rings. The van der Waals surface area contributed by atoms with Gasteiger partial charge in [0.25, 0.3) is 5.56 Å². The van der Waals surface area contributed by atoms with Crippen molar-refractivity contribution < 1.29 is 22.7 Å². The molecule has 1 saturated heterocycles. The molecule has 2 heterocycles. The van der Waals surface area contributed by atoms with Crippen molar-refractivity contribution in [2.24, 2.45) is 5.92 Å². The topological polar surface area (TPSA) is 87.3 Å². The highest BCUT2D eigenvalue weighted by Crippen LogP contribution is 2.37. The molecule has 1 amide bonds. The van der Waals surface area contributed by atoms with Gasteiger partial charge >= 0.3 is 12.3 Å². The fourth-order valence-corrected chi connectivity index (χ4v) is 3.77. The maximum atomic E-state index is 12.7. The Morgan fingerprint density at radius 3 is 2.67 bits per heavy atom. The Morgan fingerprint density at radius 1 is 1.30 bits per heavy atom. The number of hydrogen-bond donors (Lipinski definition) is 2. The lowest BCUT2D eigenvalue weighted by Crippen LogP contribution is -2.41. The Hall–Kier alpha value is -1.97. The lowest BCUT2D eigenvalue weighted by molar-refractivity contribution is -0.182. The molecule has 1 aromatic heterocycles. The summed E-state index contributed by atoms with van der Waals surface area (Å²) in [4.78, 5) is 25.4. The number of alkyl halides is 3. The summed E-state index contributed by atoms with van der Waals surface area (Å²) >= 11 is 5.97.